The Hall–Kier alpha value is -2.37. The van der Waals surface area contributed by atoms with E-state index >= 15 is 0 Å². The summed E-state index contributed by atoms with van der Waals surface area (Å²) < 4.78 is 0. The van der Waals surface area contributed by atoms with Crippen molar-refractivity contribution >= 4 is 17.7 Å². The minimum absolute atomic E-state index is 0.0544. The summed E-state index contributed by atoms with van der Waals surface area (Å²) in [5, 5.41) is 3.21. The fourth-order valence-electron chi connectivity index (χ4n) is 8.08. The molecule has 3 atom stereocenters. The molecule has 4 aliphatic rings. The number of nitrogens with one attached hydrogen (secondary N) is 1. The Balaban J connectivity index is 1.31. The van der Waals surface area contributed by atoms with Crippen LogP contribution in [-0.2, 0) is 4.79 Å². The minimum atomic E-state index is -0.141. The van der Waals surface area contributed by atoms with E-state index in [1.165, 1.54) is 44.9 Å². The highest BCUT2D eigenvalue weighted by molar-refractivity contribution is 6.05. The highest BCUT2D eigenvalue weighted by Gasteiger charge is 2.48. The van der Waals surface area contributed by atoms with Crippen molar-refractivity contribution in [1.29, 1.82) is 0 Å². The third-order valence-electron chi connectivity index (χ3n) is 10.0. The molecule has 1 spiro atoms. The topological polar surface area (TPSA) is 69.7 Å². The molecule has 2 saturated carbocycles. The van der Waals surface area contributed by atoms with Crippen molar-refractivity contribution in [1.82, 2.24) is 15.1 Å². The maximum Gasteiger partial charge on any atom is 0.253 e. The van der Waals surface area contributed by atoms with Gasteiger partial charge in [0.05, 0.1) is 6.04 Å². The Bertz CT molecular complexity index is 1020. The summed E-state index contributed by atoms with van der Waals surface area (Å²) in [5.41, 5.74) is 2.28. The number of amides is 3. The molecule has 1 saturated heterocycles. The molecule has 202 valence electrons. The molecule has 1 aromatic carbocycles. The SMILES string of the molecule is CC(CC1CCCCC1)C(=O)N1CCC(CC2NC(=O)c3cccc(C(=O)N(C)C)c32)C2(CCCC2)C1. The largest absolute Gasteiger partial charge is 0.345 e. The number of piperidine rings is 1. The second kappa shape index (κ2) is 10.8. The van der Waals surface area contributed by atoms with Crippen molar-refractivity contribution in [3.63, 3.8) is 0 Å². The van der Waals surface area contributed by atoms with E-state index in [-0.39, 0.29) is 29.2 Å². The van der Waals surface area contributed by atoms with Crippen molar-refractivity contribution in [2.24, 2.45) is 23.2 Å². The Morgan fingerprint density at radius 2 is 1.81 bits per heavy atom. The smallest absolute Gasteiger partial charge is 0.253 e. The van der Waals surface area contributed by atoms with Gasteiger partial charge in [-0.1, -0.05) is 57.9 Å². The molecule has 0 radical (unpaired) electrons. The second-order valence-corrected chi connectivity index (χ2v) is 12.7. The quantitative estimate of drug-likeness (QED) is 0.547. The fourth-order valence-corrected chi connectivity index (χ4v) is 8.08. The van der Waals surface area contributed by atoms with Crippen LogP contribution in [0.2, 0.25) is 0 Å². The zero-order valence-electron chi connectivity index (χ0n) is 23.1. The lowest BCUT2D eigenvalue weighted by Crippen LogP contribution is -2.51. The van der Waals surface area contributed by atoms with Crippen LogP contribution in [0.5, 0.6) is 0 Å². The summed E-state index contributed by atoms with van der Waals surface area (Å²) in [5.74, 6) is 1.49. The third kappa shape index (κ3) is 5.18. The maximum atomic E-state index is 13.6. The molecule has 5 rings (SSSR count). The van der Waals surface area contributed by atoms with Gasteiger partial charge in [-0.25, -0.2) is 0 Å². The van der Waals surface area contributed by atoms with Crippen molar-refractivity contribution in [2.45, 2.75) is 90.0 Å². The molecule has 2 heterocycles. The van der Waals surface area contributed by atoms with Gasteiger partial charge in [-0.15, -0.1) is 0 Å². The standard InChI is InChI=1S/C31H45N3O3/c1-21(18-22-10-5-4-6-11-22)29(36)34-17-14-23(31(20-34)15-7-8-16-31)19-26-27-24(28(35)32-26)12-9-13-25(27)30(37)33(2)3/h9,12-13,21-23,26H,4-8,10-11,14-20H2,1-3H3,(H,32,35). The molecule has 1 aromatic rings. The third-order valence-corrected chi connectivity index (χ3v) is 10.0. The normalized spacial score (nSPS) is 26.1. The van der Waals surface area contributed by atoms with Crippen molar-refractivity contribution in [3.8, 4) is 0 Å². The summed E-state index contributed by atoms with van der Waals surface area (Å²) in [4.78, 5) is 43.2. The lowest BCUT2D eigenvalue weighted by atomic mass is 9.66. The van der Waals surface area contributed by atoms with Gasteiger partial charge in [0.1, 0.15) is 0 Å². The maximum absolute atomic E-state index is 13.6. The van der Waals surface area contributed by atoms with Crippen LogP contribution < -0.4 is 5.32 Å². The van der Waals surface area contributed by atoms with Crippen LogP contribution in [0.4, 0.5) is 0 Å². The predicted octanol–water partition coefficient (Wildman–Crippen LogP) is 5.58. The van der Waals surface area contributed by atoms with Crippen LogP contribution in [0.3, 0.4) is 0 Å². The van der Waals surface area contributed by atoms with Gasteiger partial charge in [0.2, 0.25) is 5.91 Å². The van der Waals surface area contributed by atoms with Gasteiger partial charge in [-0.3, -0.25) is 14.4 Å². The Morgan fingerprint density at radius 3 is 2.51 bits per heavy atom. The number of nitrogens with zero attached hydrogens (tertiary/aromatic N) is 2. The van der Waals surface area contributed by atoms with E-state index in [9.17, 15) is 14.4 Å². The zero-order valence-corrected chi connectivity index (χ0v) is 23.1. The Labute approximate surface area is 222 Å². The summed E-state index contributed by atoms with van der Waals surface area (Å²) in [6, 6.07) is 5.37. The van der Waals surface area contributed by atoms with Crippen LogP contribution in [0.25, 0.3) is 0 Å². The van der Waals surface area contributed by atoms with Crippen molar-refractivity contribution in [2.75, 3.05) is 27.2 Å². The van der Waals surface area contributed by atoms with Gasteiger partial charge in [0.25, 0.3) is 11.8 Å². The summed E-state index contributed by atoms with van der Waals surface area (Å²) in [6.45, 7) is 3.82. The summed E-state index contributed by atoms with van der Waals surface area (Å²) >= 11 is 0. The molecular formula is C31H45N3O3. The highest BCUT2D eigenvalue weighted by atomic mass is 16.2. The zero-order chi connectivity index (χ0) is 26.2. The monoisotopic (exact) mass is 507 g/mol. The molecule has 2 aliphatic heterocycles. The first-order chi connectivity index (χ1) is 17.8. The van der Waals surface area contributed by atoms with Crippen LogP contribution >= 0.6 is 0 Å². The Kier molecular flexibility index (Phi) is 7.65. The molecule has 3 fully saturated rings. The number of carbonyl (C=O) groups is 3. The van der Waals surface area contributed by atoms with Gasteiger partial charge in [-0.05, 0) is 67.1 Å². The second-order valence-electron chi connectivity index (χ2n) is 12.7. The van der Waals surface area contributed by atoms with Gasteiger partial charge in [0, 0.05) is 44.2 Å². The molecule has 6 nitrogen and oxygen atoms in total. The van der Waals surface area contributed by atoms with E-state index in [2.05, 4.69) is 17.1 Å². The van der Waals surface area contributed by atoms with Gasteiger partial charge in [0.15, 0.2) is 0 Å². The molecule has 1 N–H and O–H groups in total. The lowest BCUT2D eigenvalue weighted by molar-refractivity contribution is -0.141. The van der Waals surface area contributed by atoms with Gasteiger partial charge >= 0.3 is 0 Å². The summed E-state index contributed by atoms with van der Waals surface area (Å²) in [6.07, 6.45) is 14.2. The molecule has 2 aliphatic carbocycles. The molecule has 3 amide bonds. The van der Waals surface area contributed by atoms with Crippen LogP contribution in [0.1, 0.15) is 116 Å². The highest BCUT2D eigenvalue weighted by Crippen LogP contribution is 2.52. The number of hydrogen-bond donors (Lipinski definition) is 1. The fraction of sp³-hybridized carbons (Fsp3) is 0.710. The minimum Gasteiger partial charge on any atom is -0.345 e. The summed E-state index contributed by atoms with van der Waals surface area (Å²) in [7, 11) is 3.52. The van der Waals surface area contributed by atoms with E-state index in [4.69, 9.17) is 0 Å². The first kappa shape index (κ1) is 26.2. The molecule has 3 unspecified atom stereocenters. The molecule has 37 heavy (non-hydrogen) atoms. The first-order valence-corrected chi connectivity index (χ1v) is 14.7. The number of hydrogen-bond acceptors (Lipinski definition) is 3. The molecule has 0 bridgehead atoms. The number of fused-ring (bicyclic) bond motifs is 1. The number of rotatable bonds is 6. The van der Waals surface area contributed by atoms with Crippen molar-refractivity contribution in [3.05, 3.63) is 34.9 Å². The van der Waals surface area contributed by atoms with Crippen LogP contribution in [0, 0.1) is 23.2 Å². The van der Waals surface area contributed by atoms with E-state index in [0.717, 1.165) is 56.7 Å². The average molecular weight is 508 g/mol. The average Bonchev–Trinajstić information content (AvgIpc) is 3.49. The predicted molar refractivity (Wildman–Crippen MR) is 145 cm³/mol. The number of carbonyl (C=O) groups excluding carboxylic acids is 3. The van der Waals surface area contributed by atoms with E-state index in [1.807, 2.05) is 18.2 Å². The van der Waals surface area contributed by atoms with Crippen LogP contribution in [0.15, 0.2) is 18.2 Å². The van der Waals surface area contributed by atoms with Gasteiger partial charge in [-0.2, -0.15) is 0 Å². The first-order valence-electron chi connectivity index (χ1n) is 14.7. The van der Waals surface area contributed by atoms with E-state index in [0.29, 0.717) is 23.0 Å². The molecular weight excluding hydrogens is 462 g/mol. The number of likely N-dealkylation sites (tertiary alicyclic amines) is 1. The molecule has 0 aromatic heterocycles. The number of benzene rings is 1. The van der Waals surface area contributed by atoms with Crippen LogP contribution in [-0.4, -0.2) is 54.7 Å². The lowest BCUT2D eigenvalue weighted by Gasteiger charge is -2.48. The van der Waals surface area contributed by atoms with Gasteiger partial charge < -0.3 is 15.1 Å². The van der Waals surface area contributed by atoms with E-state index in [1.54, 1.807) is 19.0 Å². The van der Waals surface area contributed by atoms with Crippen molar-refractivity contribution < 1.29 is 14.4 Å². The van der Waals surface area contributed by atoms with E-state index < -0.39 is 0 Å². The molecule has 6 heteroatoms. The Morgan fingerprint density at radius 1 is 1.08 bits per heavy atom.